The molecule has 114 valence electrons. The van der Waals surface area contributed by atoms with Crippen LogP contribution in [0.3, 0.4) is 0 Å². The van der Waals surface area contributed by atoms with E-state index in [1.807, 2.05) is 6.07 Å². The van der Waals surface area contributed by atoms with Crippen molar-refractivity contribution in [3.05, 3.63) is 22.8 Å². The van der Waals surface area contributed by atoms with Gasteiger partial charge in [0.05, 0.1) is 6.54 Å². The van der Waals surface area contributed by atoms with Crippen LogP contribution in [0.1, 0.15) is 6.42 Å². The number of carbonyl (C=O) groups is 1. The fourth-order valence-electron chi connectivity index (χ4n) is 2.08. The average molecular weight is 386 g/mol. The van der Waals surface area contributed by atoms with E-state index in [0.29, 0.717) is 24.8 Å². The van der Waals surface area contributed by atoms with Gasteiger partial charge in [-0.2, -0.15) is 0 Å². The average Bonchev–Trinajstić information content (AvgIpc) is 2.79. The highest BCUT2D eigenvalue weighted by atomic mass is 79.9. The molecule has 0 radical (unpaired) electrons. The highest BCUT2D eigenvalue weighted by molar-refractivity contribution is 9.10. The van der Waals surface area contributed by atoms with Crippen molar-refractivity contribution in [2.24, 2.45) is 11.7 Å². The molecule has 1 unspecified atom stereocenters. The van der Waals surface area contributed by atoms with Gasteiger partial charge in [-0.15, -0.1) is 24.8 Å². The second-order valence-electron chi connectivity index (χ2n) is 4.54. The maximum atomic E-state index is 11.8. The number of aromatic nitrogens is 1. The fraction of sp³-hybridized carbons (Fsp3) is 0.500. The molecule has 0 saturated carbocycles. The molecule has 1 atom stereocenters. The van der Waals surface area contributed by atoms with Gasteiger partial charge in [0.2, 0.25) is 5.91 Å². The molecule has 1 saturated heterocycles. The largest absolute Gasteiger partial charge is 0.330 e. The molecule has 8 heteroatoms. The summed E-state index contributed by atoms with van der Waals surface area (Å²) in [5.41, 5.74) is 5.62. The van der Waals surface area contributed by atoms with Crippen LogP contribution in [-0.2, 0) is 4.79 Å². The van der Waals surface area contributed by atoms with Crippen LogP contribution in [0.2, 0.25) is 0 Å². The third-order valence-electron chi connectivity index (χ3n) is 3.07. The smallest absolute Gasteiger partial charge is 0.239 e. The first-order chi connectivity index (χ1) is 8.67. The number of hydrogen-bond acceptors (Lipinski definition) is 4. The summed E-state index contributed by atoms with van der Waals surface area (Å²) in [6.07, 6.45) is 2.75. The van der Waals surface area contributed by atoms with E-state index in [-0.39, 0.29) is 30.7 Å². The topological polar surface area (TPSA) is 71.2 Å². The van der Waals surface area contributed by atoms with Crippen LogP contribution in [0.25, 0.3) is 0 Å². The Labute approximate surface area is 139 Å². The van der Waals surface area contributed by atoms with Gasteiger partial charge in [-0.1, -0.05) is 0 Å². The zero-order valence-electron chi connectivity index (χ0n) is 10.9. The van der Waals surface area contributed by atoms with Crippen LogP contribution in [0.15, 0.2) is 22.8 Å². The lowest BCUT2D eigenvalue weighted by atomic mass is 10.1. The summed E-state index contributed by atoms with van der Waals surface area (Å²) in [5.74, 6) is 1.09. The summed E-state index contributed by atoms with van der Waals surface area (Å²) >= 11 is 3.30. The van der Waals surface area contributed by atoms with E-state index in [1.165, 1.54) is 0 Å². The molecule has 2 rings (SSSR count). The number of likely N-dealkylation sites (tertiary alicyclic amines) is 1. The van der Waals surface area contributed by atoms with Gasteiger partial charge < -0.3 is 11.1 Å². The van der Waals surface area contributed by atoms with Crippen LogP contribution in [0, 0.1) is 5.92 Å². The number of amides is 1. The first-order valence-electron chi connectivity index (χ1n) is 6.01. The highest BCUT2D eigenvalue weighted by Gasteiger charge is 2.22. The minimum atomic E-state index is -0.0255. The minimum absolute atomic E-state index is 0. The summed E-state index contributed by atoms with van der Waals surface area (Å²) < 4.78 is 0.894. The lowest BCUT2D eigenvalue weighted by molar-refractivity contribution is -0.117. The van der Waals surface area contributed by atoms with Crippen molar-refractivity contribution in [3.63, 3.8) is 0 Å². The van der Waals surface area contributed by atoms with Gasteiger partial charge >= 0.3 is 0 Å². The van der Waals surface area contributed by atoms with Gasteiger partial charge in [0.1, 0.15) is 5.82 Å². The second kappa shape index (κ2) is 9.52. The fourth-order valence-corrected chi connectivity index (χ4v) is 2.32. The molecule has 0 spiro atoms. The Kier molecular flexibility index (Phi) is 9.33. The van der Waals surface area contributed by atoms with Crippen molar-refractivity contribution in [2.75, 3.05) is 31.5 Å². The van der Waals surface area contributed by atoms with Crippen LogP contribution in [0.5, 0.6) is 0 Å². The number of halogens is 3. The van der Waals surface area contributed by atoms with Crippen molar-refractivity contribution in [2.45, 2.75) is 6.42 Å². The van der Waals surface area contributed by atoms with E-state index in [4.69, 9.17) is 5.73 Å². The molecule has 0 bridgehead atoms. The zero-order valence-corrected chi connectivity index (χ0v) is 14.1. The zero-order chi connectivity index (χ0) is 13.0. The molecule has 20 heavy (non-hydrogen) atoms. The van der Waals surface area contributed by atoms with Gasteiger partial charge in [-0.05, 0) is 53.5 Å². The normalized spacial score (nSPS) is 18.0. The van der Waals surface area contributed by atoms with Gasteiger partial charge in [0, 0.05) is 17.2 Å². The predicted molar refractivity (Wildman–Crippen MR) is 88.7 cm³/mol. The summed E-state index contributed by atoms with van der Waals surface area (Å²) in [5, 5.41) is 2.79. The third-order valence-corrected chi connectivity index (χ3v) is 3.53. The van der Waals surface area contributed by atoms with Crippen LogP contribution < -0.4 is 11.1 Å². The quantitative estimate of drug-likeness (QED) is 0.830. The van der Waals surface area contributed by atoms with Crippen molar-refractivity contribution in [1.82, 2.24) is 9.88 Å². The number of anilines is 1. The Morgan fingerprint density at radius 1 is 1.50 bits per heavy atom. The van der Waals surface area contributed by atoms with E-state index in [2.05, 4.69) is 31.1 Å². The molecule has 1 aliphatic heterocycles. The SMILES string of the molecule is Cl.Cl.NCC1CCN(CC(=O)Nc2ccc(Br)cn2)C1. The van der Waals surface area contributed by atoms with Crippen LogP contribution in [0.4, 0.5) is 5.82 Å². The first-order valence-corrected chi connectivity index (χ1v) is 6.80. The third kappa shape index (κ3) is 5.93. The number of nitrogens with zero attached hydrogens (tertiary/aromatic N) is 2. The van der Waals surface area contributed by atoms with E-state index in [9.17, 15) is 4.79 Å². The molecule has 1 aromatic rings. The molecule has 0 aromatic carbocycles. The van der Waals surface area contributed by atoms with Crippen LogP contribution >= 0.6 is 40.7 Å². The van der Waals surface area contributed by atoms with Gasteiger partial charge in [0.25, 0.3) is 0 Å². The molecule has 1 fully saturated rings. The number of nitrogens with one attached hydrogen (secondary N) is 1. The Balaban J connectivity index is 0.00000180. The molecule has 5 nitrogen and oxygen atoms in total. The molecular weight excluding hydrogens is 367 g/mol. The Bertz CT molecular complexity index is 418. The summed E-state index contributed by atoms with van der Waals surface area (Å²) in [4.78, 5) is 18.0. The van der Waals surface area contributed by atoms with Crippen molar-refractivity contribution >= 4 is 52.5 Å². The summed E-state index contributed by atoms with van der Waals surface area (Å²) in [6, 6.07) is 3.62. The Morgan fingerprint density at radius 2 is 2.25 bits per heavy atom. The van der Waals surface area contributed by atoms with E-state index < -0.39 is 0 Å². The lowest BCUT2D eigenvalue weighted by Crippen LogP contribution is -2.32. The minimum Gasteiger partial charge on any atom is -0.330 e. The van der Waals surface area contributed by atoms with E-state index in [0.717, 1.165) is 24.0 Å². The van der Waals surface area contributed by atoms with E-state index in [1.54, 1.807) is 12.3 Å². The standard InChI is InChI=1S/C12H17BrN4O.2ClH/c13-10-1-2-11(15-6-10)16-12(18)8-17-4-3-9(5-14)7-17;;/h1-2,6,9H,3-5,7-8,14H2,(H,15,16,18);2*1H. The molecule has 1 aromatic heterocycles. The molecule has 1 aliphatic rings. The lowest BCUT2D eigenvalue weighted by Gasteiger charge is -2.14. The number of pyridine rings is 1. The van der Waals surface area contributed by atoms with Crippen molar-refractivity contribution in [3.8, 4) is 0 Å². The van der Waals surface area contributed by atoms with Gasteiger partial charge in [0.15, 0.2) is 0 Å². The maximum Gasteiger partial charge on any atom is 0.239 e. The van der Waals surface area contributed by atoms with Crippen molar-refractivity contribution < 1.29 is 4.79 Å². The van der Waals surface area contributed by atoms with E-state index >= 15 is 0 Å². The molecule has 3 N–H and O–H groups in total. The van der Waals surface area contributed by atoms with Crippen LogP contribution in [-0.4, -0.2) is 42.0 Å². The summed E-state index contributed by atoms with van der Waals surface area (Å²) in [7, 11) is 0. The van der Waals surface area contributed by atoms with Gasteiger partial charge in [-0.25, -0.2) is 4.98 Å². The molecular formula is C12H19BrCl2N4O. The predicted octanol–water partition coefficient (Wildman–Crippen LogP) is 1.91. The highest BCUT2D eigenvalue weighted by Crippen LogP contribution is 2.14. The second-order valence-corrected chi connectivity index (χ2v) is 5.45. The first kappa shape index (κ1) is 19.6. The number of nitrogens with two attached hydrogens (primary N) is 1. The molecule has 1 amide bonds. The number of rotatable bonds is 4. The maximum absolute atomic E-state index is 11.8. The number of hydrogen-bond donors (Lipinski definition) is 2. The molecule has 2 heterocycles. The summed E-state index contributed by atoms with van der Waals surface area (Å²) in [6.45, 7) is 2.97. The number of carbonyl (C=O) groups excluding carboxylic acids is 1. The van der Waals surface area contributed by atoms with Crippen molar-refractivity contribution in [1.29, 1.82) is 0 Å². The molecule has 0 aliphatic carbocycles. The van der Waals surface area contributed by atoms with Gasteiger partial charge in [-0.3, -0.25) is 9.69 Å². The Morgan fingerprint density at radius 3 is 2.80 bits per heavy atom. The monoisotopic (exact) mass is 384 g/mol. The Hall–Kier alpha value is -0.400.